The van der Waals surface area contributed by atoms with Gasteiger partial charge in [0.05, 0.1) is 0 Å². The van der Waals surface area contributed by atoms with Crippen LogP contribution in [0.15, 0.2) is 11.4 Å². The number of aryl methyl sites for hydroxylation is 1. The zero-order valence-corrected chi connectivity index (χ0v) is 14.4. The summed E-state index contributed by atoms with van der Waals surface area (Å²) in [5.41, 5.74) is 1.23. The molecule has 2 heterocycles. The number of nitrogens with one attached hydrogen (secondary N) is 1. The molecular formula is C16H27N3OS. The SMILES string of the molecule is CCN(CC)C(=O)C(c1sccc1C)N1CCNC(C)C1. The third-order valence-corrected chi connectivity index (χ3v) is 5.30. The molecule has 0 spiro atoms. The smallest absolute Gasteiger partial charge is 0.245 e. The van der Waals surface area contributed by atoms with Crippen LogP contribution in [0.2, 0.25) is 0 Å². The van der Waals surface area contributed by atoms with Crippen molar-refractivity contribution in [2.45, 2.75) is 39.8 Å². The van der Waals surface area contributed by atoms with Crippen molar-refractivity contribution in [2.24, 2.45) is 0 Å². The van der Waals surface area contributed by atoms with Crippen LogP contribution < -0.4 is 5.32 Å². The van der Waals surface area contributed by atoms with E-state index in [0.29, 0.717) is 6.04 Å². The van der Waals surface area contributed by atoms with Gasteiger partial charge in [-0.3, -0.25) is 9.69 Å². The molecule has 118 valence electrons. The van der Waals surface area contributed by atoms with E-state index in [9.17, 15) is 4.79 Å². The van der Waals surface area contributed by atoms with Crippen LogP contribution in [0.1, 0.15) is 37.3 Å². The fourth-order valence-corrected chi connectivity index (χ4v) is 4.06. The molecule has 0 aliphatic carbocycles. The maximum absolute atomic E-state index is 13.0. The van der Waals surface area contributed by atoms with Crippen molar-refractivity contribution in [3.05, 3.63) is 21.9 Å². The van der Waals surface area contributed by atoms with Crippen molar-refractivity contribution >= 4 is 17.2 Å². The molecule has 1 amide bonds. The summed E-state index contributed by atoms with van der Waals surface area (Å²) < 4.78 is 0. The summed E-state index contributed by atoms with van der Waals surface area (Å²) >= 11 is 1.71. The Kier molecular flexibility index (Phi) is 5.79. The lowest BCUT2D eigenvalue weighted by atomic mass is 10.1. The van der Waals surface area contributed by atoms with Crippen molar-refractivity contribution < 1.29 is 4.79 Å². The first-order valence-corrected chi connectivity index (χ1v) is 8.76. The zero-order valence-electron chi connectivity index (χ0n) is 13.6. The molecule has 4 nitrogen and oxygen atoms in total. The largest absolute Gasteiger partial charge is 0.342 e. The lowest BCUT2D eigenvalue weighted by Crippen LogP contribution is -2.53. The summed E-state index contributed by atoms with van der Waals surface area (Å²) in [7, 11) is 0. The van der Waals surface area contributed by atoms with E-state index < -0.39 is 0 Å². The second-order valence-electron chi connectivity index (χ2n) is 5.73. The van der Waals surface area contributed by atoms with Gasteiger partial charge in [-0.15, -0.1) is 11.3 Å². The maximum Gasteiger partial charge on any atom is 0.245 e. The Morgan fingerprint density at radius 1 is 1.52 bits per heavy atom. The summed E-state index contributed by atoms with van der Waals surface area (Å²) in [5, 5.41) is 5.56. The zero-order chi connectivity index (χ0) is 15.4. The number of hydrogen-bond donors (Lipinski definition) is 1. The van der Waals surface area contributed by atoms with Crippen LogP contribution in [-0.2, 0) is 4.79 Å². The van der Waals surface area contributed by atoms with Crippen LogP contribution in [0.25, 0.3) is 0 Å². The van der Waals surface area contributed by atoms with Crippen LogP contribution in [0.4, 0.5) is 0 Å². The van der Waals surface area contributed by atoms with Crippen LogP contribution in [0.3, 0.4) is 0 Å². The lowest BCUT2D eigenvalue weighted by molar-refractivity contribution is -0.137. The molecule has 1 N–H and O–H groups in total. The van der Waals surface area contributed by atoms with Gasteiger partial charge >= 0.3 is 0 Å². The third-order valence-electron chi connectivity index (χ3n) is 4.22. The highest BCUT2D eigenvalue weighted by atomic mass is 32.1. The highest BCUT2D eigenvalue weighted by Crippen LogP contribution is 2.31. The molecule has 0 radical (unpaired) electrons. The molecule has 0 saturated carbocycles. The van der Waals surface area contributed by atoms with Gasteiger partial charge in [0.1, 0.15) is 6.04 Å². The van der Waals surface area contributed by atoms with Gasteiger partial charge in [0.2, 0.25) is 5.91 Å². The average Bonchev–Trinajstić information content (AvgIpc) is 2.87. The first-order valence-electron chi connectivity index (χ1n) is 7.88. The van der Waals surface area contributed by atoms with Gasteiger partial charge in [0.15, 0.2) is 0 Å². The van der Waals surface area contributed by atoms with Gasteiger partial charge in [0.25, 0.3) is 0 Å². The number of nitrogens with zero attached hydrogens (tertiary/aromatic N) is 2. The molecule has 0 bridgehead atoms. The minimum absolute atomic E-state index is 0.116. The number of piperazine rings is 1. The Hall–Kier alpha value is -0.910. The monoisotopic (exact) mass is 309 g/mol. The molecule has 2 atom stereocenters. The van der Waals surface area contributed by atoms with E-state index in [1.54, 1.807) is 11.3 Å². The number of rotatable bonds is 5. The number of hydrogen-bond acceptors (Lipinski definition) is 4. The molecule has 5 heteroatoms. The van der Waals surface area contributed by atoms with E-state index in [0.717, 1.165) is 32.7 Å². The van der Waals surface area contributed by atoms with Crippen molar-refractivity contribution in [1.29, 1.82) is 0 Å². The first-order chi connectivity index (χ1) is 10.1. The van der Waals surface area contributed by atoms with Gasteiger partial charge in [0, 0.05) is 43.6 Å². The van der Waals surface area contributed by atoms with Crippen molar-refractivity contribution in [1.82, 2.24) is 15.1 Å². The van der Waals surface area contributed by atoms with Gasteiger partial charge in [-0.25, -0.2) is 0 Å². The minimum atomic E-state index is -0.116. The molecule has 1 aliphatic heterocycles. The molecule has 2 unspecified atom stereocenters. The van der Waals surface area contributed by atoms with Crippen LogP contribution >= 0.6 is 11.3 Å². The fraction of sp³-hybridized carbons (Fsp3) is 0.688. The molecule has 0 aromatic carbocycles. The van der Waals surface area contributed by atoms with E-state index in [-0.39, 0.29) is 11.9 Å². The molecule has 1 aromatic rings. The number of carbonyl (C=O) groups excluding carboxylic acids is 1. The Labute approximate surface area is 132 Å². The van der Waals surface area contributed by atoms with E-state index in [1.807, 2.05) is 4.90 Å². The van der Waals surface area contributed by atoms with E-state index in [2.05, 4.69) is 49.4 Å². The summed E-state index contributed by atoms with van der Waals surface area (Å²) in [4.78, 5) is 18.5. The predicted molar refractivity (Wildman–Crippen MR) is 88.8 cm³/mol. The van der Waals surface area contributed by atoms with Crippen molar-refractivity contribution in [3.8, 4) is 0 Å². The van der Waals surface area contributed by atoms with Crippen molar-refractivity contribution in [2.75, 3.05) is 32.7 Å². The normalized spacial score (nSPS) is 21.2. The molecule has 2 rings (SSSR count). The van der Waals surface area contributed by atoms with E-state index >= 15 is 0 Å². The molecule has 1 saturated heterocycles. The van der Waals surface area contributed by atoms with Crippen LogP contribution in [0.5, 0.6) is 0 Å². The van der Waals surface area contributed by atoms with Crippen molar-refractivity contribution in [3.63, 3.8) is 0 Å². The summed E-state index contributed by atoms with van der Waals surface area (Å²) in [6, 6.07) is 2.44. The van der Waals surface area contributed by atoms with Gasteiger partial charge < -0.3 is 10.2 Å². The fourth-order valence-electron chi connectivity index (χ4n) is 3.00. The summed E-state index contributed by atoms with van der Waals surface area (Å²) in [6.07, 6.45) is 0. The van der Waals surface area contributed by atoms with Gasteiger partial charge in [-0.05, 0) is 44.7 Å². The molecule has 21 heavy (non-hydrogen) atoms. The Morgan fingerprint density at radius 3 is 2.76 bits per heavy atom. The van der Waals surface area contributed by atoms with E-state index in [4.69, 9.17) is 0 Å². The first kappa shape index (κ1) is 16.5. The molecule has 1 aromatic heterocycles. The minimum Gasteiger partial charge on any atom is -0.342 e. The average molecular weight is 309 g/mol. The number of thiophene rings is 1. The van der Waals surface area contributed by atoms with Crippen LogP contribution in [0, 0.1) is 6.92 Å². The standard InChI is InChI=1S/C16H27N3OS/c1-5-18(6-2)16(20)14(15-12(3)7-10-21-15)19-9-8-17-13(4)11-19/h7,10,13-14,17H,5-6,8-9,11H2,1-4H3. The second kappa shape index (κ2) is 7.38. The molecular weight excluding hydrogens is 282 g/mol. The number of likely N-dealkylation sites (N-methyl/N-ethyl adjacent to an activating group) is 1. The predicted octanol–water partition coefficient (Wildman–Crippen LogP) is 2.26. The Balaban J connectivity index is 2.30. The third kappa shape index (κ3) is 3.65. The van der Waals surface area contributed by atoms with Crippen LogP contribution in [-0.4, -0.2) is 54.5 Å². The Bertz CT molecular complexity index is 470. The second-order valence-corrected chi connectivity index (χ2v) is 6.68. The Morgan fingerprint density at radius 2 is 2.24 bits per heavy atom. The highest BCUT2D eigenvalue weighted by Gasteiger charge is 2.34. The van der Waals surface area contributed by atoms with Gasteiger partial charge in [-0.1, -0.05) is 0 Å². The maximum atomic E-state index is 13.0. The molecule has 1 fully saturated rings. The summed E-state index contributed by atoms with van der Waals surface area (Å²) in [6.45, 7) is 12.8. The quantitative estimate of drug-likeness (QED) is 0.906. The highest BCUT2D eigenvalue weighted by molar-refractivity contribution is 7.10. The number of carbonyl (C=O) groups is 1. The molecule has 1 aliphatic rings. The number of amides is 1. The van der Waals surface area contributed by atoms with E-state index in [1.165, 1.54) is 10.4 Å². The summed E-state index contributed by atoms with van der Waals surface area (Å²) in [5.74, 6) is 0.250. The lowest BCUT2D eigenvalue weighted by Gasteiger charge is -2.38. The van der Waals surface area contributed by atoms with Gasteiger partial charge in [-0.2, -0.15) is 0 Å². The topological polar surface area (TPSA) is 35.6 Å².